The molecule has 2 unspecified atom stereocenters. The van der Waals surface area contributed by atoms with Crippen molar-refractivity contribution in [3.63, 3.8) is 0 Å². The first-order chi connectivity index (χ1) is 56.7. The smallest absolute Gasteiger partial charge is 0.171 e. The van der Waals surface area contributed by atoms with Crippen LogP contribution in [0.4, 0.5) is 158 Å². The molecule has 0 nitrogen and oxygen atoms in total. The van der Waals surface area contributed by atoms with Crippen molar-refractivity contribution < 1.29 is 158 Å². The van der Waals surface area contributed by atoms with Gasteiger partial charge in [-0.1, -0.05) is 378 Å². The molecule has 0 saturated carbocycles. The third kappa shape index (κ3) is 120. The number of rotatable bonds is 28. The normalized spacial score (nSPS) is 13.5. The van der Waals surface area contributed by atoms with Crippen LogP contribution in [-0.4, -0.2) is 74.1 Å². The first-order valence-electron chi connectivity index (χ1n) is 45.5. The average molecular weight is 1980 g/mol. The zero-order valence-corrected chi connectivity index (χ0v) is 85.2. The minimum atomic E-state index is -5.19. The molecule has 0 radical (unpaired) electrons. The van der Waals surface area contributed by atoms with Crippen molar-refractivity contribution in [2.45, 2.75) is 504 Å². The van der Waals surface area contributed by atoms with Crippen LogP contribution in [0, 0.1) is 98.6 Å². The van der Waals surface area contributed by atoms with Crippen molar-refractivity contribution in [3.8, 4) is 0 Å². The summed E-state index contributed by atoms with van der Waals surface area (Å²) in [4.78, 5) is 0. The van der Waals surface area contributed by atoms with Gasteiger partial charge in [0.25, 0.3) is 0 Å². The Labute approximate surface area is 757 Å². The fourth-order valence-electron chi connectivity index (χ4n) is 7.97. The molecule has 3 atom stereocenters. The van der Waals surface area contributed by atoms with E-state index < -0.39 is 153 Å². The summed E-state index contributed by atoms with van der Waals surface area (Å²) in [5, 5.41) is 0. The zero-order valence-electron chi connectivity index (χ0n) is 85.2. The van der Waals surface area contributed by atoms with E-state index in [2.05, 4.69) is 125 Å². The molecular weight excluding hydrogens is 1800 g/mol. The van der Waals surface area contributed by atoms with Crippen LogP contribution in [0.5, 0.6) is 0 Å². The Kier molecular flexibility index (Phi) is 93.3. The first-order valence-corrected chi connectivity index (χ1v) is 45.5. The Morgan fingerprint density at radius 2 is 0.543 bits per heavy atom. The number of hydrogen-bond donors (Lipinski definition) is 0. The molecule has 0 aliphatic heterocycles. The quantitative estimate of drug-likeness (QED) is 0.0541. The van der Waals surface area contributed by atoms with Crippen LogP contribution in [0.25, 0.3) is 0 Å². The highest BCUT2D eigenvalue weighted by Crippen LogP contribution is 2.47. The van der Waals surface area contributed by atoms with Gasteiger partial charge in [-0.2, -0.15) is 158 Å². The SMILES string of the molecule is CC(C)C(C)(C)C(F)(F)F.CC(C)C(C)C.CC(C)CC(C(F)(F)F)C(F)(F)F.CCC(C)(C)C.CCC(C)(C)C.CCC(C)C(C)C(F)(F)F.CCC(C)CC.CCC(CC)CC(F)(F)F.CCCC(C(F)(F)F)C(F)(F)F.CCCC(C)(C)C(F)(F)F.CCCCC(C(F)(F)F)C(F)(F)F.CCCCC(C)C.CCCCCCC(F)(F)F.CCC[C@H](C)CC(F)(F)F. The van der Waals surface area contributed by atoms with Gasteiger partial charge < -0.3 is 0 Å². The van der Waals surface area contributed by atoms with Crippen molar-refractivity contribution in [1.29, 1.82) is 0 Å². The van der Waals surface area contributed by atoms with Gasteiger partial charge in [0.15, 0.2) is 17.8 Å². The van der Waals surface area contributed by atoms with Gasteiger partial charge in [-0.25, -0.2) is 0 Å². The fraction of sp³-hybridized carbons (Fsp3) is 1.00. The van der Waals surface area contributed by atoms with Gasteiger partial charge in [-0.05, 0) is 96.2 Å². The Hall–Kier alpha value is -2.52. The molecular formula is C93H178F36. The van der Waals surface area contributed by atoms with Gasteiger partial charge in [0.1, 0.15) is 0 Å². The first kappa shape index (κ1) is 157. The molecule has 129 heavy (non-hydrogen) atoms. The molecule has 0 aromatic carbocycles. The molecule has 0 spiro atoms. The fourth-order valence-corrected chi connectivity index (χ4v) is 7.97. The maximum Gasteiger partial charge on any atom is 0.400 e. The predicted octanol–water partition coefficient (Wildman–Crippen LogP) is 43.8. The second kappa shape index (κ2) is 76.4. The predicted molar refractivity (Wildman–Crippen MR) is 462 cm³/mol. The highest BCUT2D eigenvalue weighted by Gasteiger charge is 2.58. The summed E-state index contributed by atoms with van der Waals surface area (Å²) in [6.07, 6.45) is -43.2. The lowest BCUT2D eigenvalue weighted by atomic mass is 9.81. The second-order valence-electron chi connectivity index (χ2n) is 38.1. The topological polar surface area (TPSA) is 0 Å². The molecule has 0 aromatic heterocycles. The van der Waals surface area contributed by atoms with E-state index in [1.165, 1.54) is 100 Å². The molecule has 0 heterocycles. The molecule has 0 amide bonds. The lowest BCUT2D eigenvalue weighted by molar-refractivity contribution is -0.288. The summed E-state index contributed by atoms with van der Waals surface area (Å²) in [6, 6.07) is 0. The number of unbranched alkanes of at least 4 members (excludes halogenated alkanes) is 5. The summed E-state index contributed by atoms with van der Waals surface area (Å²) in [5.41, 5.74) is -1.99. The number of halogens is 36. The lowest BCUT2D eigenvalue weighted by Gasteiger charge is -2.31. The van der Waals surface area contributed by atoms with E-state index in [1.54, 1.807) is 62.3 Å². The van der Waals surface area contributed by atoms with Crippen molar-refractivity contribution in [1.82, 2.24) is 0 Å². The Bertz CT molecular complexity index is 2260. The summed E-state index contributed by atoms with van der Waals surface area (Å²) in [5.74, 6) is -8.82. The van der Waals surface area contributed by atoms with Gasteiger partial charge in [0.2, 0.25) is 0 Å². The van der Waals surface area contributed by atoms with E-state index in [1.807, 2.05) is 13.8 Å². The summed E-state index contributed by atoms with van der Waals surface area (Å²) in [6.45, 7) is 69.4. The maximum absolute atomic E-state index is 12.1. The van der Waals surface area contributed by atoms with Crippen LogP contribution >= 0.6 is 0 Å². The Morgan fingerprint density at radius 1 is 0.240 bits per heavy atom. The summed E-state index contributed by atoms with van der Waals surface area (Å²) in [7, 11) is 0. The molecule has 36 heteroatoms. The van der Waals surface area contributed by atoms with Crippen LogP contribution in [0.3, 0.4) is 0 Å². The molecule has 0 N–H and O–H groups in total. The van der Waals surface area contributed by atoms with E-state index >= 15 is 0 Å². The lowest BCUT2D eigenvalue weighted by Crippen LogP contribution is -2.37. The molecule has 802 valence electrons. The van der Waals surface area contributed by atoms with Crippen LogP contribution in [0.15, 0.2) is 0 Å². The minimum absolute atomic E-state index is 0.0658. The molecule has 0 fully saturated rings. The molecule has 0 bridgehead atoms. The average Bonchev–Trinajstić information content (AvgIpc) is 0.932. The minimum Gasteiger partial charge on any atom is -0.171 e. The molecule has 0 rings (SSSR count). The van der Waals surface area contributed by atoms with Crippen molar-refractivity contribution in [2.75, 3.05) is 0 Å². The van der Waals surface area contributed by atoms with Crippen LogP contribution in [0.2, 0.25) is 0 Å². The van der Waals surface area contributed by atoms with E-state index in [-0.39, 0.29) is 49.4 Å². The third-order valence-electron chi connectivity index (χ3n) is 20.7. The van der Waals surface area contributed by atoms with Gasteiger partial charge in [0, 0.05) is 19.3 Å². The second-order valence-corrected chi connectivity index (χ2v) is 38.1. The highest BCUT2D eigenvalue weighted by atomic mass is 19.5. The van der Waals surface area contributed by atoms with Crippen molar-refractivity contribution in [3.05, 3.63) is 0 Å². The van der Waals surface area contributed by atoms with Gasteiger partial charge in [0.05, 0.1) is 16.7 Å². The van der Waals surface area contributed by atoms with E-state index in [0.717, 1.165) is 42.9 Å². The Morgan fingerprint density at radius 3 is 0.667 bits per heavy atom. The summed E-state index contributed by atoms with van der Waals surface area (Å²) >= 11 is 0. The van der Waals surface area contributed by atoms with Crippen molar-refractivity contribution >= 4 is 0 Å². The standard InChI is InChI=1S/2C7H10F6.6C7H13F3.C7H16.C6H8F6.4C6H14/c1-4(2)3-5(6(8,9)10)7(11,12)13;1-2-3-4-5(6(8,9)10)7(11,12)13;1-5(2)6(3,4)7(8,9)10;1-4-5-6(2,3)7(8,9)10;1-4-5(2)6(3)7(8,9)10;1-3-4-6(2)5-7(8,9)10;1-3-6(4-2)5-7(8,9)10;1-2-3-4-5-6-7(8,9)10;1-4-5-6-7(2)3;1-2-3-4(5(7,8)9)6(10,11)12;2*1-5-6(2,3)4;1-5(2)6(3)4;1-4-6(3)5-2/h4-5H,3H2,1-2H3;5H,2-4H2,1H3;5H,1-4H3;4-5H2,1-3H3;5-6H,4H2,1-3H3;2*6H,3-5H2,1-2H3;2-6H2,1H3;7H,4-6H2,1-3H3;4H,2-3H2,1H3;2*5H2,1-4H3;5-6H,1-4H3;6H,4-5H2,1-3H3/t;;;;;6-;;;;;;;;/m.....0......../s1. The summed E-state index contributed by atoms with van der Waals surface area (Å²) < 4.78 is 425. The maximum atomic E-state index is 12.1. The van der Waals surface area contributed by atoms with Crippen LogP contribution < -0.4 is 0 Å². The largest absolute Gasteiger partial charge is 0.400 e. The number of alkyl halides is 36. The molecule has 0 aliphatic carbocycles. The van der Waals surface area contributed by atoms with E-state index in [0.29, 0.717) is 55.8 Å². The number of hydrogen-bond acceptors (Lipinski definition) is 0. The van der Waals surface area contributed by atoms with Crippen LogP contribution in [0.1, 0.15) is 430 Å². The van der Waals surface area contributed by atoms with E-state index in [9.17, 15) is 158 Å². The van der Waals surface area contributed by atoms with Crippen molar-refractivity contribution in [2.24, 2.45) is 98.6 Å². The van der Waals surface area contributed by atoms with Gasteiger partial charge in [-0.15, -0.1) is 0 Å². The molecule has 0 saturated heterocycles. The molecule has 0 aromatic rings. The van der Waals surface area contributed by atoms with E-state index in [4.69, 9.17) is 0 Å². The monoisotopic (exact) mass is 1980 g/mol. The third-order valence-corrected chi connectivity index (χ3v) is 20.7. The van der Waals surface area contributed by atoms with Crippen LogP contribution in [-0.2, 0) is 0 Å². The highest BCUT2D eigenvalue weighted by molar-refractivity contribution is 4.81. The zero-order chi connectivity index (χ0) is 108. The van der Waals surface area contributed by atoms with Gasteiger partial charge >= 0.3 is 74.1 Å². The van der Waals surface area contributed by atoms with Gasteiger partial charge in [-0.3, -0.25) is 0 Å². The molecule has 0 aliphatic rings. The Balaban J connectivity index is -0.0000000926.